The van der Waals surface area contributed by atoms with E-state index in [4.69, 9.17) is 9.84 Å². The van der Waals surface area contributed by atoms with Gasteiger partial charge in [-0.15, -0.1) is 0 Å². The lowest BCUT2D eigenvalue weighted by Gasteiger charge is -2.22. The van der Waals surface area contributed by atoms with E-state index in [1.165, 1.54) is 0 Å². The topological polar surface area (TPSA) is 52.9 Å². The van der Waals surface area contributed by atoms with Crippen LogP contribution in [0.3, 0.4) is 0 Å². The van der Waals surface area contributed by atoms with E-state index in [9.17, 15) is 5.11 Å². The van der Waals surface area contributed by atoms with Crippen LogP contribution in [0.15, 0.2) is 24.3 Å². The monoisotopic (exact) mass is 237 g/mol. The summed E-state index contributed by atoms with van der Waals surface area (Å²) in [6.07, 6.45) is 0.837. The Balaban J connectivity index is 2.14. The van der Waals surface area contributed by atoms with E-state index in [1.54, 1.807) is 12.1 Å². The lowest BCUT2D eigenvalue weighted by atomic mass is 10.2. The van der Waals surface area contributed by atoms with Crippen LogP contribution in [0.2, 0.25) is 0 Å². The third-order valence-electron chi connectivity index (χ3n) is 2.98. The largest absolute Gasteiger partial charge is 0.508 e. The molecule has 0 radical (unpaired) electrons. The van der Waals surface area contributed by atoms with Crippen LogP contribution in [0.1, 0.15) is 25.1 Å². The molecular weight excluding hydrogens is 218 g/mol. The van der Waals surface area contributed by atoms with Crippen LogP contribution in [-0.4, -0.2) is 40.9 Å². The number of aromatic hydroxyl groups is 1. The molecule has 2 unspecified atom stereocenters. The molecule has 1 fully saturated rings. The van der Waals surface area contributed by atoms with E-state index in [2.05, 4.69) is 11.8 Å². The van der Waals surface area contributed by atoms with Crippen LogP contribution in [0.25, 0.3) is 0 Å². The Hall–Kier alpha value is -1.10. The molecule has 2 rings (SSSR count). The third-order valence-corrected chi connectivity index (χ3v) is 2.98. The van der Waals surface area contributed by atoms with Crippen molar-refractivity contribution in [2.45, 2.75) is 25.7 Å². The van der Waals surface area contributed by atoms with Gasteiger partial charge in [-0.05, 0) is 24.1 Å². The lowest BCUT2D eigenvalue weighted by molar-refractivity contribution is -0.0195. The minimum Gasteiger partial charge on any atom is -0.508 e. The Bertz CT molecular complexity index is 352. The van der Waals surface area contributed by atoms with E-state index in [0.717, 1.165) is 25.1 Å². The van der Waals surface area contributed by atoms with Gasteiger partial charge < -0.3 is 14.9 Å². The maximum Gasteiger partial charge on any atom is 0.137 e. The number of phenols is 1. The molecule has 0 aromatic heterocycles. The average Bonchev–Trinajstić information content (AvgIpc) is 2.74. The van der Waals surface area contributed by atoms with Gasteiger partial charge in [0.2, 0.25) is 0 Å². The highest BCUT2D eigenvalue weighted by Gasteiger charge is 2.32. The number of nitrogens with zero attached hydrogens (tertiary/aromatic N) is 1. The van der Waals surface area contributed by atoms with Crippen LogP contribution >= 0.6 is 0 Å². The van der Waals surface area contributed by atoms with Crippen molar-refractivity contribution in [3.8, 4) is 5.75 Å². The molecule has 0 aliphatic carbocycles. The third kappa shape index (κ3) is 2.77. The molecule has 1 heterocycles. The zero-order valence-electron chi connectivity index (χ0n) is 10.0. The highest BCUT2D eigenvalue weighted by Crippen LogP contribution is 2.30. The van der Waals surface area contributed by atoms with Crippen molar-refractivity contribution in [1.82, 2.24) is 4.90 Å². The first-order valence-corrected chi connectivity index (χ1v) is 6.04. The highest BCUT2D eigenvalue weighted by atomic mass is 16.5. The van der Waals surface area contributed by atoms with Gasteiger partial charge in [-0.25, -0.2) is 0 Å². The molecule has 4 nitrogen and oxygen atoms in total. The van der Waals surface area contributed by atoms with E-state index in [1.807, 2.05) is 12.1 Å². The molecule has 0 amide bonds. The number of rotatable bonds is 4. The summed E-state index contributed by atoms with van der Waals surface area (Å²) in [6.45, 7) is 3.88. The van der Waals surface area contributed by atoms with E-state index in [0.29, 0.717) is 0 Å². The van der Waals surface area contributed by atoms with E-state index < -0.39 is 0 Å². The molecule has 1 aromatic rings. The number of aliphatic hydroxyl groups excluding tert-OH is 1. The zero-order valence-corrected chi connectivity index (χ0v) is 10.0. The number of hydrogen-bond donors (Lipinski definition) is 2. The summed E-state index contributed by atoms with van der Waals surface area (Å²) in [5, 5.41) is 18.4. The number of aliphatic hydroxyl groups is 1. The fraction of sp³-hybridized carbons (Fsp3) is 0.538. The van der Waals surface area contributed by atoms with Crippen molar-refractivity contribution in [3.63, 3.8) is 0 Å². The van der Waals surface area contributed by atoms with Gasteiger partial charge in [0.15, 0.2) is 0 Å². The summed E-state index contributed by atoms with van der Waals surface area (Å²) in [5.74, 6) is 0.257. The molecule has 0 saturated carbocycles. The highest BCUT2D eigenvalue weighted by molar-refractivity contribution is 5.27. The molecule has 1 saturated heterocycles. The predicted octanol–water partition coefficient (Wildman–Crippen LogP) is 1.49. The van der Waals surface area contributed by atoms with Gasteiger partial charge in [-0.2, -0.15) is 0 Å². The first-order valence-electron chi connectivity index (χ1n) is 6.04. The SMILES string of the molecule is CCCN1CC(CO)OC1c1ccc(O)cc1. The van der Waals surface area contributed by atoms with E-state index in [-0.39, 0.29) is 24.7 Å². The maximum absolute atomic E-state index is 9.27. The molecule has 17 heavy (non-hydrogen) atoms. The Morgan fingerprint density at radius 1 is 1.35 bits per heavy atom. The van der Waals surface area contributed by atoms with Crippen LogP contribution in [0.5, 0.6) is 5.75 Å². The summed E-state index contributed by atoms with van der Waals surface area (Å²) in [5.41, 5.74) is 1.02. The Morgan fingerprint density at radius 2 is 2.06 bits per heavy atom. The van der Waals surface area contributed by atoms with Crippen molar-refractivity contribution in [2.24, 2.45) is 0 Å². The molecule has 4 heteroatoms. The van der Waals surface area contributed by atoms with Gasteiger partial charge >= 0.3 is 0 Å². The van der Waals surface area contributed by atoms with Crippen molar-refractivity contribution >= 4 is 0 Å². The Morgan fingerprint density at radius 3 is 2.65 bits per heavy atom. The Kier molecular flexibility index (Phi) is 3.99. The molecule has 1 aliphatic rings. The average molecular weight is 237 g/mol. The van der Waals surface area contributed by atoms with Gasteiger partial charge in [0, 0.05) is 13.1 Å². The lowest BCUT2D eigenvalue weighted by Crippen LogP contribution is -2.26. The van der Waals surface area contributed by atoms with Gasteiger partial charge in [-0.1, -0.05) is 19.1 Å². The molecular formula is C13H19NO3. The minimum atomic E-state index is -0.111. The first kappa shape index (κ1) is 12.4. The molecule has 1 aromatic carbocycles. The smallest absolute Gasteiger partial charge is 0.137 e. The summed E-state index contributed by atoms with van der Waals surface area (Å²) < 4.78 is 5.80. The van der Waals surface area contributed by atoms with Crippen molar-refractivity contribution in [3.05, 3.63) is 29.8 Å². The predicted molar refractivity (Wildman–Crippen MR) is 64.7 cm³/mol. The summed E-state index contributed by atoms with van der Waals surface area (Å²) in [4.78, 5) is 2.22. The molecule has 2 N–H and O–H groups in total. The van der Waals surface area contributed by atoms with Gasteiger partial charge in [0.1, 0.15) is 12.0 Å². The molecule has 0 bridgehead atoms. The standard InChI is InChI=1S/C13H19NO3/c1-2-7-14-8-12(9-15)17-13(14)10-3-5-11(16)6-4-10/h3-6,12-13,15-16H,2,7-9H2,1H3. The van der Waals surface area contributed by atoms with Crippen molar-refractivity contribution < 1.29 is 14.9 Å². The summed E-state index contributed by atoms with van der Waals surface area (Å²) >= 11 is 0. The fourth-order valence-electron chi connectivity index (χ4n) is 2.19. The molecule has 94 valence electrons. The second kappa shape index (κ2) is 5.49. The normalized spacial score (nSPS) is 25.3. The summed E-state index contributed by atoms with van der Waals surface area (Å²) in [6, 6.07) is 7.05. The molecule has 2 atom stereocenters. The first-order chi connectivity index (χ1) is 8.24. The van der Waals surface area contributed by atoms with E-state index >= 15 is 0 Å². The number of phenolic OH excluding ortho intramolecular Hbond substituents is 1. The zero-order chi connectivity index (χ0) is 12.3. The number of hydrogen-bond acceptors (Lipinski definition) is 4. The number of ether oxygens (including phenoxy) is 1. The summed E-state index contributed by atoms with van der Waals surface area (Å²) in [7, 11) is 0. The van der Waals surface area contributed by atoms with Gasteiger partial charge in [0.25, 0.3) is 0 Å². The fourth-order valence-corrected chi connectivity index (χ4v) is 2.19. The van der Waals surface area contributed by atoms with Crippen LogP contribution in [0.4, 0.5) is 0 Å². The molecule has 1 aliphatic heterocycles. The molecule has 0 spiro atoms. The Labute approximate surface area is 101 Å². The van der Waals surface area contributed by atoms with Crippen LogP contribution < -0.4 is 0 Å². The van der Waals surface area contributed by atoms with Gasteiger partial charge in [0.05, 0.1) is 12.7 Å². The number of benzene rings is 1. The maximum atomic E-state index is 9.27. The minimum absolute atomic E-state index is 0.0504. The van der Waals surface area contributed by atoms with Crippen LogP contribution in [0, 0.1) is 0 Å². The quantitative estimate of drug-likeness (QED) is 0.833. The second-order valence-electron chi connectivity index (χ2n) is 4.38. The second-order valence-corrected chi connectivity index (χ2v) is 4.38. The van der Waals surface area contributed by atoms with Crippen molar-refractivity contribution in [1.29, 1.82) is 0 Å². The van der Waals surface area contributed by atoms with Crippen LogP contribution in [-0.2, 0) is 4.74 Å². The van der Waals surface area contributed by atoms with Gasteiger partial charge in [-0.3, -0.25) is 4.90 Å². The van der Waals surface area contributed by atoms with Crippen molar-refractivity contribution in [2.75, 3.05) is 19.7 Å².